The second kappa shape index (κ2) is 7.90. The molecule has 1 saturated heterocycles. The van der Waals surface area contributed by atoms with Gasteiger partial charge in [0.15, 0.2) is 0 Å². The molecule has 0 aromatic heterocycles. The van der Waals surface area contributed by atoms with Crippen molar-refractivity contribution in [3.8, 4) is 5.75 Å². The second-order valence-corrected chi connectivity index (χ2v) is 10.6. The highest BCUT2D eigenvalue weighted by Gasteiger charge is 2.44. The van der Waals surface area contributed by atoms with E-state index in [1.807, 2.05) is 0 Å². The number of carbonyl (C=O) groups is 2. The number of nitrogens with zero attached hydrogens (tertiary/aromatic N) is 2. The van der Waals surface area contributed by atoms with E-state index in [0.29, 0.717) is 35.5 Å². The average molecular weight is 458 g/mol. The molecule has 170 valence electrons. The Kier molecular flexibility index (Phi) is 5.50. The van der Waals surface area contributed by atoms with Crippen molar-refractivity contribution in [1.82, 2.24) is 4.31 Å². The predicted octanol–water partition coefficient (Wildman–Crippen LogP) is 2.74. The number of carbonyl (C=O) groups excluding carboxylic acids is 2. The van der Waals surface area contributed by atoms with Crippen molar-refractivity contribution in [2.75, 3.05) is 30.9 Å². The van der Waals surface area contributed by atoms with Gasteiger partial charge in [0.25, 0.3) is 0 Å². The molecule has 2 aliphatic rings. The van der Waals surface area contributed by atoms with Gasteiger partial charge in [-0.15, -0.1) is 0 Å². The molecule has 2 amide bonds. The Morgan fingerprint density at radius 1 is 1.16 bits per heavy atom. The van der Waals surface area contributed by atoms with E-state index in [-0.39, 0.29) is 23.3 Å². The molecular formula is C23H27N3O5S. The largest absolute Gasteiger partial charge is 0.497 e. The van der Waals surface area contributed by atoms with Gasteiger partial charge in [-0.1, -0.05) is 0 Å². The first kappa shape index (κ1) is 22.3. The molecule has 0 bridgehead atoms. The Labute approximate surface area is 188 Å². The molecule has 2 aromatic rings. The molecule has 4 rings (SSSR count). The van der Waals surface area contributed by atoms with Crippen molar-refractivity contribution in [3.63, 3.8) is 0 Å². The van der Waals surface area contributed by atoms with Crippen molar-refractivity contribution >= 4 is 33.2 Å². The van der Waals surface area contributed by atoms with Gasteiger partial charge in [0.2, 0.25) is 21.8 Å². The number of likely N-dealkylation sites (N-methyl/N-ethyl adjacent to an activating group) is 1. The minimum atomic E-state index is -3.92. The third-order valence-electron chi connectivity index (χ3n) is 6.31. The summed E-state index contributed by atoms with van der Waals surface area (Å²) in [4.78, 5) is 27.1. The highest BCUT2D eigenvalue weighted by atomic mass is 32.2. The van der Waals surface area contributed by atoms with Gasteiger partial charge in [-0.2, -0.15) is 4.31 Å². The van der Waals surface area contributed by atoms with Gasteiger partial charge in [0.05, 0.1) is 17.4 Å². The zero-order chi connectivity index (χ0) is 23.3. The molecule has 2 aromatic carbocycles. The number of anilines is 2. The maximum absolute atomic E-state index is 13.5. The van der Waals surface area contributed by atoms with Crippen LogP contribution in [0.1, 0.15) is 32.3 Å². The standard InChI is InChI=1S/C23H27N3O5S/c1-23(2)18-14-17(11-12-19(18)25(3)22(23)28)32(29,30)26-13-5-6-20(26)21(27)24-15-7-9-16(31-4)10-8-15/h7-12,14,20H,5-6,13H2,1-4H3,(H,24,27)/t20-/m1/s1. The molecule has 32 heavy (non-hydrogen) atoms. The molecule has 1 fully saturated rings. The maximum Gasteiger partial charge on any atom is 0.243 e. The lowest BCUT2D eigenvalue weighted by atomic mass is 9.86. The van der Waals surface area contributed by atoms with Crippen LogP contribution in [-0.4, -0.2) is 51.3 Å². The minimum absolute atomic E-state index is 0.0834. The fourth-order valence-corrected chi connectivity index (χ4v) is 6.12. The van der Waals surface area contributed by atoms with Gasteiger partial charge < -0.3 is 15.0 Å². The van der Waals surface area contributed by atoms with Crippen molar-refractivity contribution in [1.29, 1.82) is 0 Å². The van der Waals surface area contributed by atoms with Gasteiger partial charge in [-0.3, -0.25) is 9.59 Å². The molecule has 0 saturated carbocycles. The molecular weight excluding hydrogens is 430 g/mol. The Morgan fingerprint density at radius 3 is 2.50 bits per heavy atom. The molecule has 0 radical (unpaired) electrons. The summed E-state index contributed by atoms with van der Waals surface area (Å²) in [5.74, 6) is 0.212. The SMILES string of the molecule is COc1ccc(NC(=O)[C@H]2CCCN2S(=O)(=O)c2ccc3c(c2)C(C)(C)C(=O)N3C)cc1. The van der Waals surface area contributed by atoms with Gasteiger partial charge >= 0.3 is 0 Å². The summed E-state index contributed by atoms with van der Waals surface area (Å²) in [6.45, 7) is 3.84. The third kappa shape index (κ3) is 3.55. The molecule has 9 heteroatoms. The van der Waals surface area contributed by atoms with Crippen LogP contribution in [-0.2, 0) is 25.0 Å². The molecule has 2 heterocycles. The lowest BCUT2D eigenvalue weighted by Crippen LogP contribution is -2.43. The number of ether oxygens (including phenoxy) is 1. The average Bonchev–Trinajstić information content (AvgIpc) is 3.34. The van der Waals surface area contributed by atoms with Crippen LogP contribution < -0.4 is 15.0 Å². The second-order valence-electron chi connectivity index (χ2n) is 8.66. The summed E-state index contributed by atoms with van der Waals surface area (Å²) in [7, 11) is -0.677. The van der Waals surface area contributed by atoms with Crippen LogP contribution in [0.5, 0.6) is 5.75 Å². The third-order valence-corrected chi connectivity index (χ3v) is 8.22. The Hall–Kier alpha value is -2.91. The highest BCUT2D eigenvalue weighted by Crippen LogP contribution is 2.42. The molecule has 0 aliphatic carbocycles. The first-order chi connectivity index (χ1) is 15.1. The van der Waals surface area contributed by atoms with Gasteiger partial charge in [0, 0.05) is 25.0 Å². The van der Waals surface area contributed by atoms with E-state index in [2.05, 4.69) is 5.32 Å². The minimum Gasteiger partial charge on any atom is -0.497 e. The van der Waals surface area contributed by atoms with Crippen LogP contribution in [0.15, 0.2) is 47.4 Å². The Bertz CT molecular complexity index is 1170. The van der Waals surface area contributed by atoms with E-state index >= 15 is 0 Å². The summed E-state index contributed by atoms with van der Waals surface area (Å²) in [6.07, 6.45) is 1.04. The molecule has 0 spiro atoms. The van der Waals surface area contributed by atoms with Crippen LogP contribution >= 0.6 is 0 Å². The number of hydrogen-bond acceptors (Lipinski definition) is 5. The van der Waals surface area contributed by atoms with Gasteiger partial charge in [-0.25, -0.2) is 8.42 Å². The van der Waals surface area contributed by atoms with E-state index in [0.717, 1.165) is 0 Å². The first-order valence-electron chi connectivity index (χ1n) is 10.5. The smallest absolute Gasteiger partial charge is 0.243 e. The fourth-order valence-electron chi connectivity index (χ4n) is 4.44. The summed E-state index contributed by atoms with van der Waals surface area (Å²) >= 11 is 0. The maximum atomic E-state index is 13.5. The lowest BCUT2D eigenvalue weighted by Gasteiger charge is -2.24. The van der Waals surface area contributed by atoms with Crippen LogP contribution in [0.3, 0.4) is 0 Å². The van der Waals surface area contributed by atoms with Crippen LogP contribution in [0.25, 0.3) is 0 Å². The number of amides is 2. The number of nitrogens with one attached hydrogen (secondary N) is 1. The number of fused-ring (bicyclic) bond motifs is 1. The molecule has 2 aliphatic heterocycles. The summed E-state index contributed by atoms with van der Waals surface area (Å²) < 4.78 is 33.4. The highest BCUT2D eigenvalue weighted by molar-refractivity contribution is 7.89. The van der Waals surface area contributed by atoms with Crippen molar-refractivity contribution in [3.05, 3.63) is 48.0 Å². The fraction of sp³-hybridized carbons (Fsp3) is 0.391. The number of benzene rings is 2. The number of rotatable bonds is 5. The lowest BCUT2D eigenvalue weighted by molar-refractivity contribution is -0.122. The van der Waals surface area contributed by atoms with Crippen LogP contribution in [0, 0.1) is 0 Å². The summed E-state index contributed by atoms with van der Waals surface area (Å²) in [5.41, 5.74) is 1.13. The summed E-state index contributed by atoms with van der Waals surface area (Å²) in [6, 6.07) is 10.8. The van der Waals surface area contributed by atoms with E-state index in [9.17, 15) is 18.0 Å². The number of sulfonamides is 1. The van der Waals surface area contributed by atoms with Crippen molar-refractivity contribution < 1.29 is 22.7 Å². The first-order valence-corrected chi connectivity index (χ1v) is 11.9. The van der Waals surface area contributed by atoms with Gasteiger partial charge in [0.1, 0.15) is 11.8 Å². The predicted molar refractivity (Wildman–Crippen MR) is 121 cm³/mol. The summed E-state index contributed by atoms with van der Waals surface area (Å²) in [5, 5.41) is 2.80. The van der Waals surface area contributed by atoms with E-state index in [1.54, 1.807) is 69.3 Å². The molecule has 8 nitrogen and oxygen atoms in total. The number of methoxy groups -OCH3 is 1. The van der Waals surface area contributed by atoms with E-state index < -0.39 is 21.5 Å². The quantitative estimate of drug-likeness (QED) is 0.745. The Morgan fingerprint density at radius 2 is 1.84 bits per heavy atom. The van der Waals surface area contributed by atoms with E-state index in [1.165, 1.54) is 10.4 Å². The topological polar surface area (TPSA) is 96.0 Å². The monoisotopic (exact) mass is 457 g/mol. The molecule has 1 atom stereocenters. The number of hydrogen-bond donors (Lipinski definition) is 1. The molecule has 0 unspecified atom stereocenters. The van der Waals surface area contributed by atoms with Gasteiger partial charge in [-0.05, 0) is 74.7 Å². The zero-order valence-corrected chi connectivity index (χ0v) is 19.4. The van der Waals surface area contributed by atoms with Crippen molar-refractivity contribution in [2.24, 2.45) is 0 Å². The normalized spacial score (nSPS) is 20.3. The van der Waals surface area contributed by atoms with Crippen LogP contribution in [0.4, 0.5) is 11.4 Å². The Balaban J connectivity index is 1.60. The van der Waals surface area contributed by atoms with Crippen LogP contribution in [0.2, 0.25) is 0 Å². The van der Waals surface area contributed by atoms with Crippen molar-refractivity contribution in [2.45, 2.75) is 43.0 Å². The van der Waals surface area contributed by atoms with E-state index in [4.69, 9.17) is 4.74 Å². The molecule has 1 N–H and O–H groups in total. The zero-order valence-electron chi connectivity index (χ0n) is 18.6.